The van der Waals surface area contributed by atoms with Crippen molar-refractivity contribution in [3.8, 4) is 27.7 Å². The number of aromatic nitrogens is 2. The minimum Gasteiger partial charge on any atom is -0.493 e. The summed E-state index contributed by atoms with van der Waals surface area (Å²) in [6.07, 6.45) is 0. The summed E-state index contributed by atoms with van der Waals surface area (Å²) in [5.41, 5.74) is 0.607. The van der Waals surface area contributed by atoms with Crippen LogP contribution in [0, 0.1) is 0 Å². The van der Waals surface area contributed by atoms with E-state index < -0.39 is 11.9 Å². The molecule has 11 heteroatoms. The van der Waals surface area contributed by atoms with Gasteiger partial charge in [0, 0.05) is 18.0 Å². The summed E-state index contributed by atoms with van der Waals surface area (Å²) in [6.45, 7) is 1.87. The standard InChI is InChI=1S/C22H23N3O7S/c1-6-32-22(28)20-14(23-21(27)13-7-8-18(26)25(2)24-13)11-17(33-20)12-9-15(29-3)19(31-5)16(10-12)30-4/h7-11H,6H2,1-5H3,(H,23,27). The van der Waals surface area contributed by atoms with Crippen LogP contribution >= 0.6 is 11.3 Å². The second kappa shape index (κ2) is 10.2. The van der Waals surface area contributed by atoms with E-state index in [4.69, 9.17) is 18.9 Å². The molecule has 2 heterocycles. The molecule has 0 spiro atoms. The van der Waals surface area contributed by atoms with E-state index in [2.05, 4.69) is 10.4 Å². The molecule has 0 atom stereocenters. The van der Waals surface area contributed by atoms with Gasteiger partial charge in [-0.2, -0.15) is 5.10 Å². The fraction of sp³-hybridized carbons (Fsp3) is 0.273. The minimum atomic E-state index is -0.579. The lowest BCUT2D eigenvalue weighted by atomic mass is 10.1. The van der Waals surface area contributed by atoms with Gasteiger partial charge in [0.2, 0.25) is 5.75 Å². The maximum absolute atomic E-state index is 12.7. The third kappa shape index (κ3) is 4.98. The zero-order valence-corrected chi connectivity index (χ0v) is 19.6. The van der Waals surface area contributed by atoms with Crippen molar-refractivity contribution in [3.05, 3.63) is 51.3 Å². The van der Waals surface area contributed by atoms with Crippen molar-refractivity contribution in [1.82, 2.24) is 9.78 Å². The number of carbonyl (C=O) groups is 2. The molecule has 0 aliphatic heterocycles. The van der Waals surface area contributed by atoms with Gasteiger partial charge < -0.3 is 24.3 Å². The third-order valence-corrected chi connectivity index (χ3v) is 5.75. The van der Waals surface area contributed by atoms with E-state index >= 15 is 0 Å². The molecule has 1 N–H and O–H groups in total. The van der Waals surface area contributed by atoms with Crippen LogP contribution in [0.4, 0.5) is 5.69 Å². The average molecular weight is 474 g/mol. The van der Waals surface area contributed by atoms with Crippen molar-refractivity contribution in [2.45, 2.75) is 6.92 Å². The Labute approximate surface area is 193 Å². The molecule has 10 nitrogen and oxygen atoms in total. The summed E-state index contributed by atoms with van der Waals surface area (Å²) < 4.78 is 22.4. The molecule has 0 bridgehead atoms. The second-order valence-electron chi connectivity index (χ2n) is 6.62. The summed E-state index contributed by atoms with van der Waals surface area (Å²) in [5.74, 6) is 0.159. The maximum Gasteiger partial charge on any atom is 0.350 e. The van der Waals surface area contributed by atoms with E-state index in [0.29, 0.717) is 27.7 Å². The first-order chi connectivity index (χ1) is 15.8. The number of thiophene rings is 1. The lowest BCUT2D eigenvalue weighted by Gasteiger charge is -2.13. The molecule has 0 saturated heterocycles. The predicted octanol–water partition coefficient (Wildman–Crippen LogP) is 2.96. The number of rotatable bonds is 8. The number of aryl methyl sites for hydroxylation is 1. The topological polar surface area (TPSA) is 118 Å². The molecule has 1 aromatic carbocycles. The molecule has 2 aromatic heterocycles. The molecule has 0 aliphatic rings. The number of carbonyl (C=O) groups excluding carboxylic acids is 2. The van der Waals surface area contributed by atoms with Gasteiger partial charge in [0.15, 0.2) is 11.5 Å². The third-order valence-electron chi connectivity index (χ3n) is 4.58. The maximum atomic E-state index is 12.7. The monoisotopic (exact) mass is 473 g/mol. The van der Waals surface area contributed by atoms with Gasteiger partial charge in [-0.15, -0.1) is 11.3 Å². The number of esters is 1. The SMILES string of the molecule is CCOC(=O)c1sc(-c2cc(OC)c(OC)c(OC)c2)cc1NC(=O)c1ccc(=O)n(C)n1. The summed E-state index contributed by atoms with van der Waals surface area (Å²) >= 11 is 1.14. The molecule has 1 amide bonds. The van der Waals surface area contributed by atoms with Gasteiger partial charge in [-0.25, -0.2) is 9.48 Å². The first-order valence-corrected chi connectivity index (χ1v) is 10.6. The van der Waals surface area contributed by atoms with Gasteiger partial charge >= 0.3 is 5.97 Å². The van der Waals surface area contributed by atoms with Gasteiger partial charge in [0.05, 0.1) is 33.6 Å². The quantitative estimate of drug-likeness (QED) is 0.496. The number of nitrogens with one attached hydrogen (secondary N) is 1. The molecule has 3 rings (SSSR count). The van der Waals surface area contributed by atoms with Crippen molar-refractivity contribution >= 4 is 28.9 Å². The molecular weight excluding hydrogens is 450 g/mol. The van der Waals surface area contributed by atoms with Crippen molar-refractivity contribution in [3.63, 3.8) is 0 Å². The van der Waals surface area contributed by atoms with Gasteiger partial charge in [-0.05, 0) is 36.8 Å². The predicted molar refractivity (Wildman–Crippen MR) is 123 cm³/mol. The average Bonchev–Trinajstić information content (AvgIpc) is 3.23. The van der Waals surface area contributed by atoms with Crippen LogP contribution < -0.4 is 25.1 Å². The summed E-state index contributed by atoms with van der Waals surface area (Å²) in [6, 6.07) is 7.68. The van der Waals surface area contributed by atoms with Crippen LogP contribution in [0.1, 0.15) is 27.1 Å². The van der Waals surface area contributed by atoms with Gasteiger partial charge in [0.25, 0.3) is 11.5 Å². The number of benzene rings is 1. The Morgan fingerprint density at radius 1 is 1.06 bits per heavy atom. The Hall–Kier alpha value is -3.86. The highest BCUT2D eigenvalue weighted by molar-refractivity contribution is 7.18. The number of ether oxygens (including phenoxy) is 4. The molecule has 0 fully saturated rings. The van der Waals surface area contributed by atoms with Crippen molar-refractivity contribution in [2.75, 3.05) is 33.3 Å². The van der Waals surface area contributed by atoms with E-state index in [0.717, 1.165) is 16.0 Å². The zero-order chi connectivity index (χ0) is 24.1. The highest BCUT2D eigenvalue weighted by Crippen LogP contribution is 2.44. The number of nitrogens with zero attached hydrogens (tertiary/aromatic N) is 2. The largest absolute Gasteiger partial charge is 0.493 e. The first-order valence-electron chi connectivity index (χ1n) is 9.79. The zero-order valence-electron chi connectivity index (χ0n) is 18.8. The number of amides is 1. The van der Waals surface area contributed by atoms with Gasteiger partial charge in [-0.3, -0.25) is 9.59 Å². The smallest absolute Gasteiger partial charge is 0.350 e. The van der Waals surface area contributed by atoms with Crippen LogP contribution in [0.3, 0.4) is 0 Å². The Kier molecular flexibility index (Phi) is 7.34. The number of hydrogen-bond donors (Lipinski definition) is 1. The van der Waals surface area contributed by atoms with Crippen LogP contribution in [-0.2, 0) is 11.8 Å². The van der Waals surface area contributed by atoms with Crippen LogP contribution in [0.5, 0.6) is 17.2 Å². The molecule has 174 valence electrons. The molecule has 0 saturated carbocycles. The van der Waals surface area contributed by atoms with Crippen LogP contribution in [0.15, 0.2) is 35.1 Å². The Morgan fingerprint density at radius 3 is 2.27 bits per heavy atom. The van der Waals surface area contributed by atoms with Crippen molar-refractivity contribution < 1.29 is 28.5 Å². The fourth-order valence-electron chi connectivity index (χ4n) is 3.01. The molecular formula is C22H23N3O7S. The first kappa shape index (κ1) is 23.8. The Balaban J connectivity index is 2.06. The van der Waals surface area contributed by atoms with Crippen LogP contribution in [0.2, 0.25) is 0 Å². The van der Waals surface area contributed by atoms with Crippen LogP contribution in [-0.4, -0.2) is 49.6 Å². The number of methoxy groups -OCH3 is 3. The van der Waals surface area contributed by atoms with Crippen molar-refractivity contribution in [1.29, 1.82) is 0 Å². The van der Waals surface area contributed by atoms with E-state index in [1.807, 2.05) is 0 Å². The highest BCUT2D eigenvalue weighted by Gasteiger charge is 2.23. The number of anilines is 1. The van der Waals surface area contributed by atoms with E-state index in [1.165, 1.54) is 40.5 Å². The highest BCUT2D eigenvalue weighted by atomic mass is 32.1. The van der Waals surface area contributed by atoms with Crippen molar-refractivity contribution in [2.24, 2.45) is 7.05 Å². The lowest BCUT2D eigenvalue weighted by Crippen LogP contribution is -2.24. The second-order valence-corrected chi connectivity index (χ2v) is 7.67. The van der Waals surface area contributed by atoms with Gasteiger partial charge in [-0.1, -0.05) is 0 Å². The van der Waals surface area contributed by atoms with E-state index in [-0.39, 0.29) is 28.4 Å². The minimum absolute atomic E-state index is 0.0208. The molecule has 3 aromatic rings. The molecule has 0 aliphatic carbocycles. The Morgan fingerprint density at radius 2 is 1.73 bits per heavy atom. The molecule has 0 radical (unpaired) electrons. The van der Waals surface area contributed by atoms with E-state index in [1.54, 1.807) is 25.1 Å². The Bertz CT molecular complexity index is 1220. The fourth-order valence-corrected chi connectivity index (χ4v) is 4.00. The lowest BCUT2D eigenvalue weighted by molar-refractivity contribution is 0.0533. The van der Waals surface area contributed by atoms with E-state index in [9.17, 15) is 14.4 Å². The summed E-state index contributed by atoms with van der Waals surface area (Å²) in [5, 5.41) is 6.63. The molecule has 33 heavy (non-hydrogen) atoms. The summed E-state index contributed by atoms with van der Waals surface area (Å²) in [7, 11) is 5.96. The summed E-state index contributed by atoms with van der Waals surface area (Å²) in [4.78, 5) is 37.7. The van der Waals surface area contributed by atoms with Gasteiger partial charge in [0.1, 0.15) is 10.6 Å². The molecule has 0 unspecified atom stereocenters. The number of hydrogen-bond acceptors (Lipinski definition) is 9. The normalized spacial score (nSPS) is 10.5. The van der Waals surface area contributed by atoms with Crippen LogP contribution in [0.25, 0.3) is 10.4 Å².